The predicted octanol–water partition coefficient (Wildman–Crippen LogP) is 1.86. The smallest absolute Gasteiger partial charge is 0.0555 e. The van der Waals surface area contributed by atoms with Crippen molar-refractivity contribution in [3.63, 3.8) is 0 Å². The first-order valence-electron chi connectivity index (χ1n) is 6.54. The van der Waals surface area contributed by atoms with Gasteiger partial charge in [-0.05, 0) is 44.9 Å². The minimum absolute atomic E-state index is 0.0916. The van der Waals surface area contributed by atoms with Gasteiger partial charge < -0.3 is 10.0 Å². The first kappa shape index (κ1) is 12.5. The molecular weight excluding hydrogens is 212 g/mol. The van der Waals surface area contributed by atoms with Crippen molar-refractivity contribution in [1.29, 1.82) is 0 Å². The zero-order chi connectivity index (χ0) is 12.1. The molecule has 0 aliphatic heterocycles. The monoisotopic (exact) mass is 234 g/mol. The minimum Gasteiger partial charge on any atom is -0.393 e. The highest BCUT2D eigenvalue weighted by Gasteiger charge is 2.23. The van der Waals surface area contributed by atoms with Gasteiger partial charge in [0.1, 0.15) is 0 Å². The van der Waals surface area contributed by atoms with Gasteiger partial charge >= 0.3 is 0 Å². The molecule has 1 aliphatic carbocycles. The van der Waals surface area contributed by atoms with Crippen LogP contribution in [0.5, 0.6) is 0 Å². The van der Waals surface area contributed by atoms with E-state index in [2.05, 4.69) is 23.0 Å². The zero-order valence-corrected chi connectivity index (χ0v) is 10.5. The van der Waals surface area contributed by atoms with Crippen LogP contribution in [0.3, 0.4) is 0 Å². The van der Waals surface area contributed by atoms with Gasteiger partial charge in [0.15, 0.2) is 0 Å². The lowest BCUT2D eigenvalue weighted by Crippen LogP contribution is -2.38. The molecule has 3 heteroatoms. The topological polar surface area (TPSA) is 36.4 Å². The summed E-state index contributed by atoms with van der Waals surface area (Å²) in [5, 5.41) is 9.67. The van der Waals surface area contributed by atoms with Crippen LogP contribution in [0, 0.1) is 0 Å². The van der Waals surface area contributed by atoms with Crippen LogP contribution in [0.15, 0.2) is 24.4 Å². The number of nitrogens with zero attached hydrogens (tertiary/aromatic N) is 2. The van der Waals surface area contributed by atoms with E-state index in [1.807, 2.05) is 18.3 Å². The van der Waals surface area contributed by atoms with Gasteiger partial charge in [0, 0.05) is 30.9 Å². The van der Waals surface area contributed by atoms with E-state index in [4.69, 9.17) is 0 Å². The molecule has 2 rings (SSSR count). The molecule has 0 amide bonds. The van der Waals surface area contributed by atoms with E-state index >= 15 is 0 Å². The van der Waals surface area contributed by atoms with E-state index < -0.39 is 0 Å². The normalized spacial score (nSPS) is 25.1. The molecule has 17 heavy (non-hydrogen) atoms. The second-order valence-electron chi connectivity index (χ2n) is 5.03. The first-order valence-corrected chi connectivity index (χ1v) is 6.54. The molecule has 0 saturated heterocycles. The fourth-order valence-corrected chi connectivity index (χ4v) is 2.56. The molecule has 1 N–H and O–H groups in total. The summed E-state index contributed by atoms with van der Waals surface area (Å²) in [5.74, 6) is 0. The molecule has 0 aromatic carbocycles. The van der Waals surface area contributed by atoms with E-state index in [1.165, 1.54) is 6.42 Å². The Labute approximate surface area is 103 Å². The van der Waals surface area contributed by atoms with Gasteiger partial charge in [-0.2, -0.15) is 0 Å². The van der Waals surface area contributed by atoms with E-state index in [1.54, 1.807) is 0 Å². The summed E-state index contributed by atoms with van der Waals surface area (Å²) in [7, 11) is 2.16. The molecule has 1 saturated carbocycles. The van der Waals surface area contributed by atoms with Crippen molar-refractivity contribution in [3.8, 4) is 0 Å². The third kappa shape index (κ3) is 3.79. The van der Waals surface area contributed by atoms with Crippen LogP contribution in [0.2, 0.25) is 0 Å². The Kier molecular flexibility index (Phi) is 4.51. The van der Waals surface area contributed by atoms with E-state index in [-0.39, 0.29) is 6.10 Å². The van der Waals surface area contributed by atoms with Crippen molar-refractivity contribution >= 4 is 0 Å². The number of rotatable bonds is 4. The largest absolute Gasteiger partial charge is 0.393 e. The molecule has 1 fully saturated rings. The van der Waals surface area contributed by atoms with E-state index in [0.29, 0.717) is 6.04 Å². The van der Waals surface area contributed by atoms with Crippen molar-refractivity contribution in [1.82, 2.24) is 9.88 Å². The molecular formula is C14H22N2O. The lowest BCUT2D eigenvalue weighted by Gasteiger charge is -2.33. The van der Waals surface area contributed by atoms with E-state index in [9.17, 15) is 5.11 Å². The fourth-order valence-electron chi connectivity index (χ4n) is 2.56. The highest BCUT2D eigenvalue weighted by molar-refractivity contribution is 5.03. The van der Waals surface area contributed by atoms with Gasteiger partial charge in [-0.3, -0.25) is 4.98 Å². The van der Waals surface area contributed by atoms with Gasteiger partial charge in [0.25, 0.3) is 0 Å². The summed E-state index contributed by atoms with van der Waals surface area (Å²) in [6, 6.07) is 6.60. The Balaban J connectivity index is 1.79. The summed E-state index contributed by atoms with van der Waals surface area (Å²) in [4.78, 5) is 6.71. The fraction of sp³-hybridized carbons (Fsp3) is 0.643. The molecule has 0 radical (unpaired) electrons. The summed E-state index contributed by atoms with van der Waals surface area (Å²) in [6.07, 6.45) is 7.02. The molecule has 0 spiro atoms. The number of aliphatic hydroxyl groups excluding tert-OH is 1. The number of hydrogen-bond acceptors (Lipinski definition) is 3. The molecule has 1 aromatic rings. The molecule has 1 heterocycles. The zero-order valence-electron chi connectivity index (χ0n) is 10.5. The van der Waals surface area contributed by atoms with E-state index in [0.717, 1.165) is 37.9 Å². The van der Waals surface area contributed by atoms with Crippen LogP contribution in [0.25, 0.3) is 0 Å². The van der Waals surface area contributed by atoms with Crippen molar-refractivity contribution in [3.05, 3.63) is 30.1 Å². The standard InChI is InChI=1S/C14H22N2O/c1-16(13-6-4-7-14(17)11-13)10-8-12-5-2-3-9-15-12/h2-3,5,9,13-14,17H,4,6-8,10-11H2,1H3. The second-order valence-corrected chi connectivity index (χ2v) is 5.03. The highest BCUT2D eigenvalue weighted by atomic mass is 16.3. The molecule has 94 valence electrons. The van der Waals surface area contributed by atoms with Crippen molar-refractivity contribution < 1.29 is 5.11 Å². The van der Waals surface area contributed by atoms with Crippen molar-refractivity contribution in [2.45, 2.75) is 44.2 Å². The third-order valence-electron chi connectivity index (χ3n) is 3.69. The lowest BCUT2D eigenvalue weighted by atomic mass is 9.92. The maximum atomic E-state index is 9.67. The lowest BCUT2D eigenvalue weighted by molar-refractivity contribution is 0.0732. The van der Waals surface area contributed by atoms with Gasteiger partial charge in [0.2, 0.25) is 0 Å². The maximum absolute atomic E-state index is 9.67. The number of aromatic nitrogens is 1. The van der Waals surface area contributed by atoms with Gasteiger partial charge in [0.05, 0.1) is 6.10 Å². The molecule has 3 nitrogen and oxygen atoms in total. The summed E-state index contributed by atoms with van der Waals surface area (Å²) >= 11 is 0. The third-order valence-corrected chi connectivity index (χ3v) is 3.69. The molecule has 1 aromatic heterocycles. The average molecular weight is 234 g/mol. The summed E-state index contributed by atoms with van der Waals surface area (Å²) in [6.45, 7) is 1.02. The first-order chi connectivity index (χ1) is 8.25. The second kappa shape index (κ2) is 6.12. The maximum Gasteiger partial charge on any atom is 0.0555 e. The Morgan fingerprint density at radius 1 is 1.41 bits per heavy atom. The SMILES string of the molecule is CN(CCc1ccccn1)C1CCCC(O)C1. The van der Waals surface area contributed by atoms with Gasteiger partial charge in [-0.15, -0.1) is 0 Å². The number of likely N-dealkylation sites (N-methyl/N-ethyl adjacent to an activating group) is 1. The van der Waals surface area contributed by atoms with Crippen LogP contribution in [-0.4, -0.2) is 40.7 Å². The summed E-state index contributed by atoms with van der Waals surface area (Å²) in [5.41, 5.74) is 1.15. The van der Waals surface area contributed by atoms with Crippen LogP contribution in [-0.2, 0) is 6.42 Å². The summed E-state index contributed by atoms with van der Waals surface area (Å²) < 4.78 is 0. The van der Waals surface area contributed by atoms with Gasteiger partial charge in [-0.25, -0.2) is 0 Å². The quantitative estimate of drug-likeness (QED) is 0.864. The minimum atomic E-state index is -0.0916. The Hall–Kier alpha value is -0.930. The Morgan fingerprint density at radius 2 is 2.29 bits per heavy atom. The Morgan fingerprint density at radius 3 is 3.00 bits per heavy atom. The van der Waals surface area contributed by atoms with Crippen molar-refractivity contribution in [2.24, 2.45) is 0 Å². The van der Waals surface area contributed by atoms with Crippen LogP contribution in [0.4, 0.5) is 0 Å². The van der Waals surface area contributed by atoms with Crippen LogP contribution >= 0.6 is 0 Å². The molecule has 0 bridgehead atoms. The predicted molar refractivity (Wildman–Crippen MR) is 68.8 cm³/mol. The molecule has 1 aliphatic rings. The van der Waals surface area contributed by atoms with Crippen molar-refractivity contribution in [2.75, 3.05) is 13.6 Å². The molecule has 2 unspecified atom stereocenters. The number of aliphatic hydroxyl groups is 1. The van der Waals surface area contributed by atoms with Crippen LogP contribution in [0.1, 0.15) is 31.4 Å². The Bertz CT molecular complexity index is 328. The number of pyridine rings is 1. The number of hydrogen-bond donors (Lipinski definition) is 1. The molecule has 2 atom stereocenters. The van der Waals surface area contributed by atoms with Crippen LogP contribution < -0.4 is 0 Å². The average Bonchev–Trinajstić information content (AvgIpc) is 2.37. The highest BCUT2D eigenvalue weighted by Crippen LogP contribution is 2.22. The van der Waals surface area contributed by atoms with Gasteiger partial charge in [-0.1, -0.05) is 6.07 Å².